The summed E-state index contributed by atoms with van der Waals surface area (Å²) in [5.41, 5.74) is 1.81. The summed E-state index contributed by atoms with van der Waals surface area (Å²) in [5, 5.41) is 10.5. The van der Waals surface area contributed by atoms with Crippen molar-refractivity contribution >= 4 is 17.4 Å². The van der Waals surface area contributed by atoms with Crippen molar-refractivity contribution in [1.29, 1.82) is 0 Å². The lowest BCUT2D eigenvalue weighted by molar-refractivity contribution is 0.0530. The normalized spacial score (nSPS) is 11.4. The maximum absolute atomic E-state index is 12.7. The summed E-state index contributed by atoms with van der Waals surface area (Å²) in [6, 6.07) is 9.93. The van der Waals surface area contributed by atoms with Gasteiger partial charge in [-0.3, -0.25) is 4.79 Å². The third-order valence-corrected chi connectivity index (χ3v) is 4.27. The average Bonchev–Trinajstić information content (AvgIpc) is 2.99. The van der Waals surface area contributed by atoms with E-state index < -0.39 is 11.7 Å². The summed E-state index contributed by atoms with van der Waals surface area (Å²) < 4.78 is 8.37. The van der Waals surface area contributed by atoms with Gasteiger partial charge in [-0.2, -0.15) is 0 Å². The fourth-order valence-electron chi connectivity index (χ4n) is 2.97. The van der Waals surface area contributed by atoms with Gasteiger partial charge in [0, 0.05) is 44.5 Å². The van der Waals surface area contributed by atoms with Gasteiger partial charge >= 0.3 is 6.09 Å². The molecule has 1 aromatic carbocycles. The molecule has 3 rings (SSSR count). The molecule has 0 spiro atoms. The number of nitrogens with one attached hydrogen (secondary N) is 2. The van der Waals surface area contributed by atoms with Crippen molar-refractivity contribution in [2.45, 2.75) is 32.8 Å². The number of anilines is 1. The monoisotopic (exact) mass is 397 g/mol. The summed E-state index contributed by atoms with van der Waals surface area (Å²) in [4.78, 5) is 24.5. The molecule has 0 unspecified atom stereocenters. The van der Waals surface area contributed by atoms with Gasteiger partial charge in [0.1, 0.15) is 11.1 Å². The van der Waals surface area contributed by atoms with Crippen molar-refractivity contribution in [1.82, 2.24) is 19.5 Å². The van der Waals surface area contributed by atoms with E-state index >= 15 is 0 Å². The Labute approximate surface area is 169 Å². The number of benzene rings is 1. The van der Waals surface area contributed by atoms with Crippen LogP contribution in [0.25, 0.3) is 5.52 Å². The van der Waals surface area contributed by atoms with Crippen molar-refractivity contribution in [3.8, 4) is 0 Å². The van der Waals surface area contributed by atoms with Crippen LogP contribution in [0.15, 0.2) is 47.5 Å². The van der Waals surface area contributed by atoms with Gasteiger partial charge in [-0.1, -0.05) is 30.3 Å². The zero-order valence-electron chi connectivity index (χ0n) is 17.2. The molecule has 1 amide bonds. The number of hydrogen-bond acceptors (Lipinski definition) is 5. The fourth-order valence-corrected chi connectivity index (χ4v) is 2.97. The molecule has 0 saturated carbocycles. The zero-order chi connectivity index (χ0) is 21.0. The molecule has 0 atom stereocenters. The Kier molecular flexibility index (Phi) is 5.91. The van der Waals surface area contributed by atoms with Crippen LogP contribution in [0.1, 0.15) is 31.9 Å². The van der Waals surface area contributed by atoms with Crippen molar-refractivity contribution in [2.24, 2.45) is 7.05 Å². The first-order valence-corrected chi connectivity index (χ1v) is 9.56. The molecule has 154 valence electrons. The number of amides is 1. The first kappa shape index (κ1) is 20.4. The lowest BCUT2D eigenvalue weighted by Gasteiger charge is -2.19. The summed E-state index contributed by atoms with van der Waals surface area (Å²) in [5.74, 6) is 0.628. The number of aryl methyl sites for hydroxylation is 1. The lowest BCUT2D eigenvalue weighted by Crippen LogP contribution is -2.35. The second kappa shape index (κ2) is 8.38. The molecule has 3 aromatic rings. The van der Waals surface area contributed by atoms with Crippen LogP contribution >= 0.6 is 0 Å². The van der Waals surface area contributed by atoms with E-state index in [2.05, 4.69) is 15.7 Å². The smallest absolute Gasteiger partial charge is 0.407 e. The summed E-state index contributed by atoms with van der Waals surface area (Å²) >= 11 is 0. The van der Waals surface area contributed by atoms with E-state index in [0.717, 1.165) is 11.1 Å². The van der Waals surface area contributed by atoms with E-state index in [4.69, 9.17) is 4.74 Å². The number of nitrogens with zero attached hydrogens (tertiary/aromatic N) is 3. The molecule has 0 aliphatic heterocycles. The quantitative estimate of drug-likeness (QED) is 0.624. The maximum Gasteiger partial charge on any atom is 0.407 e. The maximum atomic E-state index is 12.7. The highest BCUT2D eigenvalue weighted by atomic mass is 16.6. The van der Waals surface area contributed by atoms with Crippen molar-refractivity contribution in [2.75, 3.05) is 18.4 Å². The van der Waals surface area contributed by atoms with Crippen LogP contribution in [-0.4, -0.2) is 39.0 Å². The molecule has 0 fully saturated rings. The van der Waals surface area contributed by atoms with Crippen molar-refractivity contribution in [3.63, 3.8) is 0 Å². The van der Waals surface area contributed by atoms with Crippen LogP contribution in [0.5, 0.6) is 0 Å². The number of aromatic nitrogens is 3. The van der Waals surface area contributed by atoms with E-state index in [0.29, 0.717) is 30.8 Å². The lowest BCUT2D eigenvalue weighted by atomic mass is 10.1. The number of ether oxygens (including phenoxy) is 1. The van der Waals surface area contributed by atoms with Crippen molar-refractivity contribution in [3.05, 3.63) is 64.2 Å². The molecule has 2 aromatic heterocycles. The minimum absolute atomic E-state index is 0.106. The Hall–Kier alpha value is -3.29. The number of carbonyl (C=O) groups is 1. The third-order valence-electron chi connectivity index (χ3n) is 4.27. The molecule has 29 heavy (non-hydrogen) atoms. The van der Waals surface area contributed by atoms with Gasteiger partial charge in [0.05, 0.1) is 0 Å². The van der Waals surface area contributed by atoms with Crippen LogP contribution in [0.4, 0.5) is 10.6 Å². The summed E-state index contributed by atoms with van der Waals surface area (Å²) in [7, 11) is 1.72. The molecule has 2 heterocycles. The molecule has 8 nitrogen and oxygen atoms in total. The number of fused-ring (bicyclic) bond motifs is 1. The topological polar surface area (TPSA) is 89.7 Å². The van der Waals surface area contributed by atoms with Crippen LogP contribution in [0.3, 0.4) is 0 Å². The minimum atomic E-state index is -0.540. The molecule has 8 heteroatoms. The van der Waals surface area contributed by atoms with Gasteiger partial charge in [0.15, 0.2) is 5.82 Å². The first-order chi connectivity index (χ1) is 13.7. The molecule has 0 bridgehead atoms. The van der Waals surface area contributed by atoms with Crippen LogP contribution < -0.4 is 16.2 Å². The Morgan fingerprint density at radius 3 is 2.55 bits per heavy atom. The second-order valence-corrected chi connectivity index (χ2v) is 7.85. The molecular formula is C21H27N5O3. The molecule has 0 radical (unpaired) electrons. The van der Waals surface area contributed by atoms with E-state index in [1.54, 1.807) is 28.5 Å². The van der Waals surface area contributed by atoms with E-state index in [1.165, 1.54) is 0 Å². The number of carbonyl (C=O) groups excluding carboxylic acids is 1. The Bertz CT molecular complexity index is 1050. The van der Waals surface area contributed by atoms with Crippen molar-refractivity contribution < 1.29 is 9.53 Å². The van der Waals surface area contributed by atoms with Crippen LogP contribution in [0, 0.1) is 0 Å². The van der Waals surface area contributed by atoms with Gasteiger partial charge in [0.25, 0.3) is 5.56 Å². The minimum Gasteiger partial charge on any atom is -0.444 e. The van der Waals surface area contributed by atoms with E-state index in [1.807, 2.05) is 51.1 Å². The van der Waals surface area contributed by atoms with Gasteiger partial charge < -0.3 is 19.9 Å². The summed E-state index contributed by atoms with van der Waals surface area (Å²) in [6.45, 7) is 6.27. The fraction of sp³-hybridized carbons (Fsp3) is 0.381. The van der Waals surface area contributed by atoms with Gasteiger partial charge in [-0.25, -0.2) is 9.31 Å². The van der Waals surface area contributed by atoms with Gasteiger partial charge in [-0.15, -0.1) is 5.10 Å². The molecule has 2 N–H and O–H groups in total. The molecule has 0 aliphatic rings. The molecule has 0 aliphatic carbocycles. The number of alkyl carbamates (subject to hydrolysis) is 1. The SMILES string of the molecule is Cn1ccn2nc(NCCNC(=O)OC(C)(C)C)c(Cc3ccccc3)c2c1=O. The van der Waals surface area contributed by atoms with E-state index in [-0.39, 0.29) is 5.56 Å². The van der Waals surface area contributed by atoms with Crippen LogP contribution in [-0.2, 0) is 18.2 Å². The summed E-state index contributed by atoms with van der Waals surface area (Å²) in [6.07, 6.45) is 3.55. The predicted octanol–water partition coefficient (Wildman–Crippen LogP) is 2.56. The zero-order valence-corrected chi connectivity index (χ0v) is 17.2. The van der Waals surface area contributed by atoms with Gasteiger partial charge in [0.2, 0.25) is 0 Å². The highest BCUT2D eigenvalue weighted by Gasteiger charge is 2.18. The molecule has 0 saturated heterocycles. The second-order valence-electron chi connectivity index (χ2n) is 7.85. The van der Waals surface area contributed by atoms with Gasteiger partial charge in [-0.05, 0) is 26.3 Å². The highest BCUT2D eigenvalue weighted by molar-refractivity contribution is 5.68. The van der Waals surface area contributed by atoms with E-state index in [9.17, 15) is 9.59 Å². The number of hydrogen-bond donors (Lipinski definition) is 2. The Morgan fingerprint density at radius 2 is 1.86 bits per heavy atom. The number of rotatable bonds is 6. The first-order valence-electron chi connectivity index (χ1n) is 9.56. The standard InChI is InChI=1S/C21H27N5O3/c1-21(2,3)29-20(28)23-11-10-22-18-16(14-15-8-6-5-7-9-15)17-19(27)25(4)12-13-26(17)24-18/h5-9,12-13H,10-11,14H2,1-4H3,(H,22,24)(H,23,28). The Morgan fingerprint density at radius 1 is 1.14 bits per heavy atom. The predicted molar refractivity (Wildman–Crippen MR) is 112 cm³/mol. The molecular weight excluding hydrogens is 370 g/mol. The Balaban J connectivity index is 1.78. The average molecular weight is 397 g/mol. The third kappa shape index (κ3) is 5.16. The highest BCUT2D eigenvalue weighted by Crippen LogP contribution is 2.21. The largest absolute Gasteiger partial charge is 0.444 e. The van der Waals surface area contributed by atoms with Crippen LogP contribution in [0.2, 0.25) is 0 Å².